The van der Waals surface area contributed by atoms with Crippen LogP contribution in [0.15, 0.2) is 35.5 Å². The van der Waals surface area contributed by atoms with Crippen molar-refractivity contribution in [2.75, 3.05) is 7.05 Å². The van der Waals surface area contributed by atoms with Crippen LogP contribution < -0.4 is 0 Å². The van der Waals surface area contributed by atoms with Crippen molar-refractivity contribution in [3.05, 3.63) is 41.1 Å². The van der Waals surface area contributed by atoms with Crippen LogP contribution in [0.1, 0.15) is 5.56 Å². The smallest absolute Gasteiger partial charge is 0.323 e. The average molecular weight is 221 g/mol. The molecule has 2 heterocycles. The predicted octanol–water partition coefficient (Wildman–Crippen LogP) is 2.04. The highest BCUT2D eigenvalue weighted by Gasteiger charge is 2.10. The van der Waals surface area contributed by atoms with E-state index >= 15 is 0 Å². The Bertz CT molecular complexity index is 421. The first-order valence-electron chi connectivity index (χ1n) is 4.52. The monoisotopic (exact) mass is 221 g/mol. The van der Waals surface area contributed by atoms with Crippen LogP contribution in [0.4, 0.5) is 4.79 Å². The Labute approximate surface area is 91.8 Å². The molecule has 2 rings (SSSR count). The number of amides is 1. The quantitative estimate of drug-likeness (QED) is 0.778. The topological polar surface area (TPSA) is 38.1 Å². The van der Waals surface area contributed by atoms with Crippen LogP contribution in [0.5, 0.6) is 0 Å². The normalized spacial score (nSPS) is 10.2. The lowest BCUT2D eigenvalue weighted by molar-refractivity contribution is 0.208. The van der Waals surface area contributed by atoms with Crippen molar-refractivity contribution in [1.29, 1.82) is 0 Å². The zero-order valence-electron chi connectivity index (χ0n) is 8.33. The van der Waals surface area contributed by atoms with Crippen LogP contribution in [0.25, 0.3) is 0 Å². The van der Waals surface area contributed by atoms with E-state index in [0.29, 0.717) is 6.54 Å². The third-order valence-corrected chi connectivity index (χ3v) is 2.78. The molecule has 0 atom stereocenters. The molecule has 4 nitrogen and oxygen atoms in total. The molecule has 15 heavy (non-hydrogen) atoms. The van der Waals surface area contributed by atoms with Crippen LogP contribution in [0.3, 0.4) is 0 Å². The molecule has 1 amide bonds. The van der Waals surface area contributed by atoms with Crippen molar-refractivity contribution < 1.29 is 4.79 Å². The molecule has 0 saturated carbocycles. The summed E-state index contributed by atoms with van der Waals surface area (Å²) < 4.78 is 1.46. The second-order valence-corrected chi connectivity index (χ2v) is 4.02. The maximum atomic E-state index is 11.8. The highest BCUT2D eigenvalue weighted by Crippen LogP contribution is 2.09. The van der Waals surface area contributed by atoms with Crippen molar-refractivity contribution >= 4 is 17.4 Å². The lowest BCUT2D eigenvalue weighted by atomic mass is 10.3. The molecule has 0 radical (unpaired) electrons. The number of rotatable bonds is 2. The number of hydrogen-bond acceptors (Lipinski definition) is 3. The average Bonchev–Trinajstić information content (AvgIpc) is 2.88. The van der Waals surface area contributed by atoms with E-state index in [9.17, 15) is 4.79 Å². The van der Waals surface area contributed by atoms with Gasteiger partial charge in [-0.15, -0.1) is 0 Å². The minimum Gasteiger partial charge on any atom is -0.323 e. The molecule has 0 spiro atoms. The van der Waals surface area contributed by atoms with E-state index in [4.69, 9.17) is 0 Å². The van der Waals surface area contributed by atoms with Crippen LogP contribution in [-0.4, -0.2) is 27.5 Å². The van der Waals surface area contributed by atoms with Crippen LogP contribution >= 0.6 is 11.3 Å². The van der Waals surface area contributed by atoms with E-state index in [1.54, 1.807) is 35.7 Å². The Kier molecular flexibility index (Phi) is 2.82. The number of aromatic nitrogens is 2. The van der Waals surface area contributed by atoms with Crippen LogP contribution in [0, 0.1) is 0 Å². The fraction of sp³-hybridized carbons (Fsp3) is 0.200. The molecule has 0 fully saturated rings. The van der Waals surface area contributed by atoms with E-state index in [1.807, 2.05) is 16.8 Å². The number of imidazole rings is 1. The fourth-order valence-electron chi connectivity index (χ4n) is 1.29. The summed E-state index contributed by atoms with van der Waals surface area (Å²) in [7, 11) is 1.78. The van der Waals surface area contributed by atoms with Gasteiger partial charge in [0.2, 0.25) is 0 Å². The third kappa shape index (κ3) is 2.24. The zero-order chi connectivity index (χ0) is 10.7. The van der Waals surface area contributed by atoms with E-state index < -0.39 is 0 Å². The van der Waals surface area contributed by atoms with Gasteiger partial charge in [-0.25, -0.2) is 9.78 Å². The summed E-state index contributed by atoms with van der Waals surface area (Å²) in [6.45, 7) is 0.626. The van der Waals surface area contributed by atoms with Crippen LogP contribution in [-0.2, 0) is 6.54 Å². The molecule has 0 bridgehead atoms. The molecular formula is C10H11N3OS. The van der Waals surface area contributed by atoms with E-state index in [-0.39, 0.29) is 6.03 Å². The van der Waals surface area contributed by atoms with Gasteiger partial charge in [0, 0.05) is 26.0 Å². The minimum absolute atomic E-state index is 0.0706. The maximum Gasteiger partial charge on any atom is 0.329 e. The third-order valence-electron chi connectivity index (χ3n) is 2.05. The van der Waals surface area contributed by atoms with E-state index in [1.165, 1.54) is 10.9 Å². The second kappa shape index (κ2) is 4.27. The molecule has 0 aromatic carbocycles. The van der Waals surface area contributed by atoms with Crippen molar-refractivity contribution in [2.24, 2.45) is 0 Å². The molecular weight excluding hydrogens is 210 g/mol. The van der Waals surface area contributed by atoms with Crippen molar-refractivity contribution in [1.82, 2.24) is 14.5 Å². The molecule has 2 aromatic heterocycles. The SMILES string of the molecule is CN(Cc1ccsc1)C(=O)n1ccnc1. The van der Waals surface area contributed by atoms with E-state index in [2.05, 4.69) is 4.98 Å². The molecule has 0 N–H and O–H groups in total. The Morgan fingerprint density at radius 1 is 1.67 bits per heavy atom. The Morgan fingerprint density at radius 3 is 3.13 bits per heavy atom. The highest BCUT2D eigenvalue weighted by atomic mass is 32.1. The molecule has 5 heteroatoms. The molecule has 0 aliphatic carbocycles. The van der Waals surface area contributed by atoms with Gasteiger partial charge in [-0.3, -0.25) is 4.57 Å². The molecule has 0 aliphatic rings. The van der Waals surface area contributed by atoms with Crippen molar-refractivity contribution in [3.8, 4) is 0 Å². The summed E-state index contributed by atoms with van der Waals surface area (Å²) in [5.74, 6) is 0. The molecule has 2 aromatic rings. The minimum atomic E-state index is -0.0706. The van der Waals surface area contributed by atoms with Gasteiger partial charge in [0.15, 0.2) is 0 Å². The van der Waals surface area contributed by atoms with Crippen molar-refractivity contribution in [3.63, 3.8) is 0 Å². The number of carbonyl (C=O) groups is 1. The molecule has 78 valence electrons. The molecule has 0 unspecified atom stereocenters. The maximum absolute atomic E-state index is 11.8. The Morgan fingerprint density at radius 2 is 2.53 bits per heavy atom. The largest absolute Gasteiger partial charge is 0.329 e. The van der Waals surface area contributed by atoms with Gasteiger partial charge in [-0.05, 0) is 22.4 Å². The number of thiophene rings is 1. The summed E-state index contributed by atoms with van der Waals surface area (Å²) in [6, 6.07) is 1.95. The summed E-state index contributed by atoms with van der Waals surface area (Å²) in [6.07, 6.45) is 4.75. The first-order valence-corrected chi connectivity index (χ1v) is 5.46. The first-order chi connectivity index (χ1) is 7.27. The van der Waals surface area contributed by atoms with Gasteiger partial charge in [-0.2, -0.15) is 11.3 Å². The van der Waals surface area contributed by atoms with Gasteiger partial charge in [0.05, 0.1) is 0 Å². The van der Waals surface area contributed by atoms with Crippen LogP contribution in [0.2, 0.25) is 0 Å². The molecule has 0 aliphatic heterocycles. The van der Waals surface area contributed by atoms with Gasteiger partial charge >= 0.3 is 6.03 Å². The standard InChI is InChI=1S/C10H11N3OS/c1-12(6-9-2-5-15-7-9)10(14)13-4-3-11-8-13/h2-5,7-8H,6H2,1H3. The summed E-state index contributed by atoms with van der Waals surface area (Å²) >= 11 is 1.63. The molecule has 0 saturated heterocycles. The van der Waals surface area contributed by atoms with Gasteiger partial charge in [0.25, 0.3) is 0 Å². The highest BCUT2D eigenvalue weighted by molar-refractivity contribution is 7.07. The van der Waals surface area contributed by atoms with E-state index in [0.717, 1.165) is 5.56 Å². The van der Waals surface area contributed by atoms with Gasteiger partial charge in [0.1, 0.15) is 6.33 Å². The summed E-state index contributed by atoms with van der Waals surface area (Å²) in [5, 5.41) is 4.04. The Balaban J connectivity index is 2.03. The number of carbonyl (C=O) groups excluding carboxylic acids is 1. The summed E-state index contributed by atoms with van der Waals surface area (Å²) in [5.41, 5.74) is 1.15. The van der Waals surface area contributed by atoms with Crippen molar-refractivity contribution in [2.45, 2.75) is 6.54 Å². The second-order valence-electron chi connectivity index (χ2n) is 3.24. The number of nitrogens with zero attached hydrogens (tertiary/aromatic N) is 3. The number of hydrogen-bond donors (Lipinski definition) is 0. The fourth-order valence-corrected chi connectivity index (χ4v) is 1.95. The zero-order valence-corrected chi connectivity index (χ0v) is 9.15. The summed E-state index contributed by atoms with van der Waals surface area (Å²) in [4.78, 5) is 17.3. The Hall–Kier alpha value is -1.62. The predicted molar refractivity (Wildman–Crippen MR) is 58.8 cm³/mol. The van der Waals surface area contributed by atoms with Gasteiger partial charge < -0.3 is 4.90 Å². The lowest BCUT2D eigenvalue weighted by Crippen LogP contribution is -2.29. The van der Waals surface area contributed by atoms with Gasteiger partial charge in [-0.1, -0.05) is 0 Å². The first kappa shape index (κ1) is 9.92. The lowest BCUT2D eigenvalue weighted by Gasteiger charge is -2.16.